The van der Waals surface area contributed by atoms with E-state index >= 15 is 0 Å². The topological polar surface area (TPSA) is 92.4 Å². The molecule has 0 bridgehead atoms. The van der Waals surface area contributed by atoms with Gasteiger partial charge in [-0.2, -0.15) is 0 Å². The number of rotatable bonds is 6. The minimum atomic E-state index is -1.08. The normalized spacial score (nSPS) is 12.2. The van der Waals surface area contributed by atoms with Crippen molar-refractivity contribution < 1.29 is 19.2 Å². The van der Waals surface area contributed by atoms with Crippen molar-refractivity contribution in [1.82, 2.24) is 10.5 Å². The Balaban J connectivity index is 2.15. The van der Waals surface area contributed by atoms with Crippen molar-refractivity contribution in [2.24, 2.45) is 5.92 Å². The molecule has 122 valence electrons. The lowest BCUT2D eigenvalue weighted by molar-refractivity contribution is -0.139. The van der Waals surface area contributed by atoms with Gasteiger partial charge >= 0.3 is 5.97 Å². The minimum absolute atomic E-state index is 0.00919. The van der Waals surface area contributed by atoms with Crippen molar-refractivity contribution in [2.45, 2.75) is 26.3 Å². The van der Waals surface area contributed by atoms with E-state index in [1.165, 1.54) is 6.07 Å². The van der Waals surface area contributed by atoms with Gasteiger partial charge in [-0.1, -0.05) is 42.7 Å². The number of halogens is 1. The third kappa shape index (κ3) is 4.32. The van der Waals surface area contributed by atoms with Crippen LogP contribution in [0.1, 0.15) is 30.8 Å². The number of amides is 1. The number of hydrogen-bond acceptors (Lipinski definition) is 4. The van der Waals surface area contributed by atoms with Crippen LogP contribution in [0.25, 0.3) is 11.3 Å². The highest BCUT2D eigenvalue weighted by Gasteiger charge is 2.23. The molecule has 1 unspecified atom stereocenters. The second-order valence-electron chi connectivity index (χ2n) is 5.55. The number of carboxylic acids is 1. The number of carbonyl (C=O) groups is 2. The Labute approximate surface area is 138 Å². The molecule has 0 radical (unpaired) electrons. The van der Waals surface area contributed by atoms with Crippen LogP contribution < -0.4 is 5.32 Å². The summed E-state index contributed by atoms with van der Waals surface area (Å²) in [5.74, 6) is -1.20. The van der Waals surface area contributed by atoms with Crippen LogP contribution >= 0.6 is 11.6 Å². The summed E-state index contributed by atoms with van der Waals surface area (Å²) in [6, 6.07) is 7.46. The monoisotopic (exact) mass is 336 g/mol. The number of aliphatic carboxylic acids is 1. The summed E-state index contributed by atoms with van der Waals surface area (Å²) in [4.78, 5) is 23.3. The number of carboxylic acid groups (broad SMARTS) is 1. The van der Waals surface area contributed by atoms with Crippen LogP contribution in [0.3, 0.4) is 0 Å². The lowest BCUT2D eigenvalue weighted by Crippen LogP contribution is -2.41. The summed E-state index contributed by atoms with van der Waals surface area (Å²) in [6.45, 7) is 3.77. The highest BCUT2D eigenvalue weighted by molar-refractivity contribution is 6.33. The molecule has 2 N–H and O–H groups in total. The van der Waals surface area contributed by atoms with Crippen LogP contribution in [-0.4, -0.2) is 28.2 Å². The predicted molar refractivity (Wildman–Crippen MR) is 85.3 cm³/mol. The molecule has 0 saturated heterocycles. The summed E-state index contributed by atoms with van der Waals surface area (Å²) in [6.07, 6.45) is 0.330. The average Bonchev–Trinajstić information content (AvgIpc) is 2.96. The van der Waals surface area contributed by atoms with E-state index in [9.17, 15) is 9.59 Å². The Bertz CT molecular complexity index is 712. The molecule has 0 spiro atoms. The zero-order chi connectivity index (χ0) is 17.0. The molecule has 1 amide bonds. The summed E-state index contributed by atoms with van der Waals surface area (Å²) in [5.41, 5.74) is 0.618. The lowest BCUT2D eigenvalue weighted by atomic mass is 10.0. The van der Waals surface area contributed by atoms with E-state index in [-0.39, 0.29) is 11.6 Å². The molecule has 0 aliphatic heterocycles. The molecule has 2 aromatic rings. The fraction of sp³-hybridized carbons (Fsp3) is 0.312. The molecular formula is C16H17ClN2O4. The van der Waals surface area contributed by atoms with Gasteiger partial charge in [-0.15, -0.1) is 0 Å². The van der Waals surface area contributed by atoms with Crippen LogP contribution in [0.2, 0.25) is 5.02 Å². The zero-order valence-corrected chi connectivity index (χ0v) is 13.5. The Hall–Kier alpha value is -2.34. The maximum atomic E-state index is 12.1. The molecule has 2 rings (SSSR count). The van der Waals surface area contributed by atoms with Gasteiger partial charge in [0, 0.05) is 11.6 Å². The number of benzene rings is 1. The SMILES string of the molecule is CC(C)CC(NC(=O)c1cc(-c2ccccc2Cl)on1)C(=O)O. The third-order valence-electron chi connectivity index (χ3n) is 3.19. The van der Waals surface area contributed by atoms with Crippen molar-refractivity contribution in [1.29, 1.82) is 0 Å². The van der Waals surface area contributed by atoms with Gasteiger partial charge in [0.1, 0.15) is 6.04 Å². The maximum Gasteiger partial charge on any atom is 0.326 e. The fourth-order valence-corrected chi connectivity index (χ4v) is 2.32. The average molecular weight is 337 g/mol. The van der Waals surface area contributed by atoms with Gasteiger partial charge in [-0.25, -0.2) is 4.79 Å². The highest BCUT2D eigenvalue weighted by Crippen LogP contribution is 2.27. The van der Waals surface area contributed by atoms with E-state index in [1.807, 2.05) is 13.8 Å². The van der Waals surface area contributed by atoms with E-state index < -0.39 is 17.9 Å². The second-order valence-corrected chi connectivity index (χ2v) is 5.96. The largest absolute Gasteiger partial charge is 0.480 e. The van der Waals surface area contributed by atoms with Crippen molar-refractivity contribution in [3.63, 3.8) is 0 Å². The molecule has 0 aliphatic rings. The van der Waals surface area contributed by atoms with E-state index in [2.05, 4.69) is 10.5 Å². The van der Waals surface area contributed by atoms with E-state index in [4.69, 9.17) is 21.2 Å². The quantitative estimate of drug-likeness (QED) is 0.844. The molecular weight excluding hydrogens is 320 g/mol. The first-order chi connectivity index (χ1) is 10.9. The van der Waals surface area contributed by atoms with Gasteiger partial charge < -0.3 is 14.9 Å². The molecule has 0 aliphatic carbocycles. The van der Waals surface area contributed by atoms with Crippen LogP contribution in [0.5, 0.6) is 0 Å². The molecule has 1 heterocycles. The van der Waals surface area contributed by atoms with Crippen LogP contribution in [0.4, 0.5) is 0 Å². The molecule has 1 aromatic carbocycles. The number of hydrogen-bond donors (Lipinski definition) is 2. The number of nitrogens with zero attached hydrogens (tertiary/aromatic N) is 1. The van der Waals surface area contributed by atoms with Gasteiger partial charge in [-0.05, 0) is 24.5 Å². The van der Waals surface area contributed by atoms with Gasteiger partial charge in [0.15, 0.2) is 11.5 Å². The van der Waals surface area contributed by atoms with Gasteiger partial charge in [0.2, 0.25) is 0 Å². The fourth-order valence-electron chi connectivity index (χ4n) is 2.10. The highest BCUT2D eigenvalue weighted by atomic mass is 35.5. The summed E-state index contributed by atoms with van der Waals surface area (Å²) in [7, 11) is 0. The minimum Gasteiger partial charge on any atom is -0.480 e. The van der Waals surface area contributed by atoms with Crippen molar-refractivity contribution in [3.05, 3.63) is 41.0 Å². The van der Waals surface area contributed by atoms with E-state index in [0.717, 1.165) is 0 Å². The summed E-state index contributed by atoms with van der Waals surface area (Å²) in [5, 5.41) is 15.8. The van der Waals surface area contributed by atoms with Crippen LogP contribution in [0.15, 0.2) is 34.9 Å². The van der Waals surface area contributed by atoms with Crippen molar-refractivity contribution in [3.8, 4) is 11.3 Å². The number of nitrogens with one attached hydrogen (secondary N) is 1. The first-order valence-corrected chi connectivity index (χ1v) is 7.51. The molecule has 7 heteroatoms. The van der Waals surface area contributed by atoms with E-state index in [0.29, 0.717) is 22.8 Å². The van der Waals surface area contributed by atoms with E-state index in [1.54, 1.807) is 24.3 Å². The molecule has 6 nitrogen and oxygen atoms in total. The van der Waals surface area contributed by atoms with Crippen LogP contribution in [-0.2, 0) is 4.79 Å². The Morgan fingerprint density at radius 3 is 2.65 bits per heavy atom. The number of carbonyl (C=O) groups excluding carboxylic acids is 1. The summed E-state index contributed by atoms with van der Waals surface area (Å²) >= 11 is 6.06. The van der Waals surface area contributed by atoms with Crippen LogP contribution in [0, 0.1) is 5.92 Å². The first kappa shape index (κ1) is 17.0. The second kappa shape index (κ2) is 7.28. The van der Waals surface area contributed by atoms with Gasteiger partial charge in [0.25, 0.3) is 5.91 Å². The number of aromatic nitrogens is 1. The smallest absolute Gasteiger partial charge is 0.326 e. The lowest BCUT2D eigenvalue weighted by Gasteiger charge is -2.15. The van der Waals surface area contributed by atoms with Crippen molar-refractivity contribution >= 4 is 23.5 Å². The molecule has 0 fully saturated rings. The standard InChI is InChI=1S/C16H17ClN2O4/c1-9(2)7-13(16(21)22)18-15(20)12-8-14(23-19-12)10-5-3-4-6-11(10)17/h3-6,8-9,13H,7H2,1-2H3,(H,18,20)(H,21,22). The van der Waals surface area contributed by atoms with Gasteiger partial charge in [-0.3, -0.25) is 4.79 Å². The molecule has 0 saturated carbocycles. The maximum absolute atomic E-state index is 12.1. The molecule has 1 atom stereocenters. The predicted octanol–water partition coefficient (Wildman–Crippen LogP) is 3.22. The Morgan fingerprint density at radius 1 is 1.35 bits per heavy atom. The Kier molecular flexibility index (Phi) is 5.39. The first-order valence-electron chi connectivity index (χ1n) is 7.13. The molecule has 1 aromatic heterocycles. The molecule has 23 heavy (non-hydrogen) atoms. The Morgan fingerprint density at radius 2 is 2.04 bits per heavy atom. The summed E-state index contributed by atoms with van der Waals surface area (Å²) < 4.78 is 5.13. The van der Waals surface area contributed by atoms with Gasteiger partial charge in [0.05, 0.1) is 5.02 Å². The third-order valence-corrected chi connectivity index (χ3v) is 3.52. The van der Waals surface area contributed by atoms with Crippen molar-refractivity contribution in [2.75, 3.05) is 0 Å². The zero-order valence-electron chi connectivity index (χ0n) is 12.7.